The molecular weight excluding hydrogens is 114 g/mol. The van der Waals surface area contributed by atoms with Gasteiger partial charge in [0.1, 0.15) is 6.23 Å². The van der Waals surface area contributed by atoms with E-state index in [-0.39, 0.29) is 6.23 Å². The van der Waals surface area contributed by atoms with Crippen molar-refractivity contribution in [3.05, 3.63) is 0 Å². The topological polar surface area (TPSA) is 21.3 Å². The zero-order valence-corrected chi connectivity index (χ0v) is 6.61. The molecule has 2 nitrogen and oxygen atoms in total. The Morgan fingerprint density at radius 3 is 2.44 bits per heavy atom. The zero-order chi connectivity index (χ0) is 7.11. The van der Waals surface area contributed by atoms with E-state index in [1.54, 1.807) is 0 Å². The summed E-state index contributed by atoms with van der Waals surface area (Å²) in [4.78, 5) is 0. The molecule has 0 aliphatic rings. The van der Waals surface area contributed by atoms with Crippen molar-refractivity contribution in [1.29, 1.82) is 0 Å². The van der Waals surface area contributed by atoms with Crippen molar-refractivity contribution >= 4 is 0 Å². The van der Waals surface area contributed by atoms with Crippen LogP contribution >= 0.6 is 0 Å². The summed E-state index contributed by atoms with van der Waals surface area (Å²) in [6.45, 7) is 5.08. The molecule has 0 heterocycles. The van der Waals surface area contributed by atoms with E-state index in [0.717, 1.165) is 19.4 Å². The minimum absolute atomic E-state index is 0.255. The standard InChI is InChI=1S/C7H17NO/c1-4-6-9-7(5-2)8-3/h7-8H,4-6H2,1-3H3. The van der Waals surface area contributed by atoms with Crippen LogP contribution in [0.15, 0.2) is 0 Å². The monoisotopic (exact) mass is 131 g/mol. The smallest absolute Gasteiger partial charge is 0.107 e. The van der Waals surface area contributed by atoms with Gasteiger partial charge in [-0.15, -0.1) is 0 Å². The largest absolute Gasteiger partial charge is 0.363 e. The molecule has 2 heteroatoms. The molecule has 1 atom stereocenters. The maximum atomic E-state index is 5.38. The fraction of sp³-hybridized carbons (Fsp3) is 1.00. The third-order valence-electron chi connectivity index (χ3n) is 1.22. The van der Waals surface area contributed by atoms with Crippen LogP contribution in [0.3, 0.4) is 0 Å². The lowest BCUT2D eigenvalue weighted by atomic mass is 10.4. The van der Waals surface area contributed by atoms with E-state index in [1.165, 1.54) is 0 Å². The van der Waals surface area contributed by atoms with Gasteiger partial charge in [-0.1, -0.05) is 13.8 Å². The number of rotatable bonds is 5. The van der Waals surface area contributed by atoms with E-state index in [1.807, 2.05) is 7.05 Å². The molecule has 0 radical (unpaired) electrons. The molecule has 9 heavy (non-hydrogen) atoms. The molecule has 0 aliphatic heterocycles. The Morgan fingerprint density at radius 2 is 2.11 bits per heavy atom. The predicted octanol–water partition coefficient (Wildman–Crippen LogP) is 1.37. The van der Waals surface area contributed by atoms with Gasteiger partial charge in [-0.3, -0.25) is 5.32 Å². The Kier molecular flexibility index (Phi) is 5.99. The van der Waals surface area contributed by atoms with Gasteiger partial charge in [-0.2, -0.15) is 0 Å². The number of hydrogen-bond acceptors (Lipinski definition) is 2. The maximum Gasteiger partial charge on any atom is 0.107 e. The molecule has 1 N–H and O–H groups in total. The van der Waals surface area contributed by atoms with E-state index in [9.17, 15) is 0 Å². The molecular formula is C7H17NO. The fourth-order valence-electron chi connectivity index (χ4n) is 0.665. The molecule has 0 aromatic rings. The van der Waals surface area contributed by atoms with Gasteiger partial charge in [-0.05, 0) is 19.9 Å². The first-order chi connectivity index (χ1) is 4.35. The molecule has 0 saturated carbocycles. The highest BCUT2D eigenvalue weighted by Gasteiger charge is 1.98. The van der Waals surface area contributed by atoms with Crippen molar-refractivity contribution in [2.24, 2.45) is 0 Å². The summed E-state index contributed by atoms with van der Waals surface area (Å²) in [5, 5.41) is 3.06. The summed E-state index contributed by atoms with van der Waals surface area (Å²) < 4.78 is 5.38. The molecule has 0 spiro atoms. The van der Waals surface area contributed by atoms with E-state index in [2.05, 4.69) is 19.2 Å². The van der Waals surface area contributed by atoms with Crippen molar-refractivity contribution in [1.82, 2.24) is 5.32 Å². The van der Waals surface area contributed by atoms with Crippen LogP contribution in [0.5, 0.6) is 0 Å². The highest BCUT2D eigenvalue weighted by molar-refractivity contribution is 4.45. The first-order valence-corrected chi connectivity index (χ1v) is 3.64. The van der Waals surface area contributed by atoms with Crippen LogP contribution in [0, 0.1) is 0 Å². The van der Waals surface area contributed by atoms with Gasteiger partial charge in [0.2, 0.25) is 0 Å². The second kappa shape index (κ2) is 6.05. The lowest BCUT2D eigenvalue weighted by molar-refractivity contribution is 0.0331. The molecule has 0 amide bonds. The molecule has 1 unspecified atom stereocenters. The minimum atomic E-state index is 0.255. The van der Waals surface area contributed by atoms with Crippen LogP contribution < -0.4 is 5.32 Å². The molecule has 56 valence electrons. The van der Waals surface area contributed by atoms with Crippen LogP contribution in [0.2, 0.25) is 0 Å². The third-order valence-corrected chi connectivity index (χ3v) is 1.22. The maximum absolute atomic E-state index is 5.38. The Hall–Kier alpha value is -0.0800. The van der Waals surface area contributed by atoms with Gasteiger partial charge >= 0.3 is 0 Å². The third kappa shape index (κ3) is 4.43. The van der Waals surface area contributed by atoms with Gasteiger partial charge in [0, 0.05) is 6.61 Å². The van der Waals surface area contributed by atoms with Crippen molar-refractivity contribution in [3.8, 4) is 0 Å². The van der Waals surface area contributed by atoms with E-state index in [0.29, 0.717) is 0 Å². The molecule has 0 saturated heterocycles. The van der Waals surface area contributed by atoms with Crippen LogP contribution in [0.4, 0.5) is 0 Å². The Morgan fingerprint density at radius 1 is 1.44 bits per heavy atom. The van der Waals surface area contributed by atoms with Gasteiger partial charge in [0.25, 0.3) is 0 Å². The van der Waals surface area contributed by atoms with Gasteiger partial charge in [0.05, 0.1) is 0 Å². The SMILES string of the molecule is CCCOC(CC)NC. The van der Waals surface area contributed by atoms with Crippen molar-refractivity contribution in [2.75, 3.05) is 13.7 Å². The second-order valence-corrected chi connectivity index (χ2v) is 2.06. The van der Waals surface area contributed by atoms with Crippen molar-refractivity contribution in [3.63, 3.8) is 0 Å². The first kappa shape index (κ1) is 8.92. The molecule has 0 aromatic carbocycles. The summed E-state index contributed by atoms with van der Waals surface area (Å²) in [5.74, 6) is 0. The van der Waals surface area contributed by atoms with E-state index < -0.39 is 0 Å². The van der Waals surface area contributed by atoms with Crippen LogP contribution in [0.25, 0.3) is 0 Å². The van der Waals surface area contributed by atoms with Crippen LogP contribution in [-0.4, -0.2) is 19.9 Å². The van der Waals surface area contributed by atoms with E-state index >= 15 is 0 Å². The highest BCUT2D eigenvalue weighted by atomic mass is 16.5. The van der Waals surface area contributed by atoms with Gasteiger partial charge in [-0.25, -0.2) is 0 Å². The lowest BCUT2D eigenvalue weighted by Crippen LogP contribution is -2.27. The summed E-state index contributed by atoms with van der Waals surface area (Å²) >= 11 is 0. The second-order valence-electron chi connectivity index (χ2n) is 2.06. The molecule has 0 rings (SSSR count). The fourth-order valence-corrected chi connectivity index (χ4v) is 0.665. The lowest BCUT2D eigenvalue weighted by Gasteiger charge is -2.13. The normalized spacial score (nSPS) is 13.7. The summed E-state index contributed by atoms with van der Waals surface area (Å²) in [5.41, 5.74) is 0. The minimum Gasteiger partial charge on any atom is -0.363 e. The van der Waals surface area contributed by atoms with E-state index in [4.69, 9.17) is 4.74 Å². The Bertz CT molecular complexity index is 52.9. The molecule has 0 fully saturated rings. The van der Waals surface area contributed by atoms with Crippen LogP contribution in [0.1, 0.15) is 26.7 Å². The highest BCUT2D eigenvalue weighted by Crippen LogP contribution is 1.92. The molecule has 0 aromatic heterocycles. The van der Waals surface area contributed by atoms with Crippen molar-refractivity contribution in [2.45, 2.75) is 32.9 Å². The van der Waals surface area contributed by atoms with Gasteiger partial charge in [0.15, 0.2) is 0 Å². The van der Waals surface area contributed by atoms with Crippen molar-refractivity contribution < 1.29 is 4.74 Å². The van der Waals surface area contributed by atoms with Crippen LogP contribution in [-0.2, 0) is 4.74 Å². The number of nitrogens with one attached hydrogen (secondary N) is 1. The summed E-state index contributed by atoms with van der Waals surface area (Å²) in [7, 11) is 1.92. The van der Waals surface area contributed by atoms with Gasteiger partial charge < -0.3 is 4.74 Å². The number of hydrogen-bond donors (Lipinski definition) is 1. The zero-order valence-electron chi connectivity index (χ0n) is 6.61. The summed E-state index contributed by atoms with van der Waals surface area (Å²) in [6.07, 6.45) is 2.39. The predicted molar refractivity (Wildman–Crippen MR) is 39.4 cm³/mol. The quantitative estimate of drug-likeness (QED) is 0.569. The molecule has 0 bridgehead atoms. The Labute approximate surface area is 57.6 Å². The average molecular weight is 131 g/mol. The molecule has 0 aliphatic carbocycles. The first-order valence-electron chi connectivity index (χ1n) is 3.64. The number of ether oxygens (including phenoxy) is 1. The average Bonchev–Trinajstić information content (AvgIpc) is 1.91. The Balaban J connectivity index is 3.09. The summed E-state index contributed by atoms with van der Waals surface area (Å²) in [6, 6.07) is 0.